The van der Waals surface area contributed by atoms with Crippen LogP contribution in [0.25, 0.3) is 0 Å². The van der Waals surface area contributed by atoms with Gasteiger partial charge in [0.15, 0.2) is 4.34 Å². The lowest BCUT2D eigenvalue weighted by atomic mass is 10.3. The van der Waals surface area contributed by atoms with Crippen molar-refractivity contribution in [3.63, 3.8) is 0 Å². The molecule has 0 radical (unpaired) electrons. The molecule has 0 saturated heterocycles. The fraction of sp³-hybridized carbons (Fsp3) is 0.333. The van der Waals surface area contributed by atoms with Crippen LogP contribution < -0.4 is 10.6 Å². The topological polar surface area (TPSA) is 84.7 Å². The van der Waals surface area contributed by atoms with E-state index < -0.39 is 0 Å². The maximum Gasteiger partial charge on any atom is 0.230 e. The van der Waals surface area contributed by atoms with Crippen molar-refractivity contribution in [3.8, 4) is 0 Å². The fourth-order valence-corrected chi connectivity index (χ4v) is 4.11. The van der Waals surface area contributed by atoms with Gasteiger partial charge < -0.3 is 10.6 Å². The van der Waals surface area contributed by atoms with Crippen molar-refractivity contribution in [1.29, 1.82) is 0 Å². The summed E-state index contributed by atoms with van der Waals surface area (Å²) in [5, 5.41) is 19.0. The van der Waals surface area contributed by atoms with Crippen LogP contribution in [0.2, 0.25) is 0 Å². The molecule has 1 amide bonds. The first kappa shape index (κ1) is 20.3. The van der Waals surface area contributed by atoms with Crippen LogP contribution in [0.3, 0.4) is 0 Å². The fourth-order valence-electron chi connectivity index (χ4n) is 2.51. The maximum absolute atomic E-state index is 12.9. The van der Waals surface area contributed by atoms with E-state index in [4.69, 9.17) is 0 Å². The minimum Gasteiger partial charge on any atom is -0.355 e. The average molecular weight is 421 g/mol. The zero-order valence-corrected chi connectivity index (χ0v) is 17.2. The van der Waals surface area contributed by atoms with Gasteiger partial charge in [-0.1, -0.05) is 23.1 Å². The third-order valence-corrected chi connectivity index (χ3v) is 5.77. The van der Waals surface area contributed by atoms with Crippen molar-refractivity contribution in [1.82, 2.24) is 25.3 Å². The molecule has 7 nitrogen and oxygen atoms in total. The van der Waals surface area contributed by atoms with Gasteiger partial charge in [-0.25, -0.2) is 4.39 Å². The summed E-state index contributed by atoms with van der Waals surface area (Å²) in [5.41, 5.74) is 2.86. The molecule has 0 unspecified atom stereocenters. The zero-order valence-electron chi connectivity index (χ0n) is 15.6. The summed E-state index contributed by atoms with van der Waals surface area (Å²) in [6.45, 7) is 5.38. The van der Waals surface area contributed by atoms with Crippen molar-refractivity contribution in [2.75, 3.05) is 17.6 Å². The summed E-state index contributed by atoms with van der Waals surface area (Å²) >= 11 is 2.69. The Bertz CT molecular complexity index is 925. The molecule has 3 rings (SSSR count). The van der Waals surface area contributed by atoms with Gasteiger partial charge in [0, 0.05) is 24.5 Å². The maximum atomic E-state index is 12.9. The Balaban J connectivity index is 1.36. The highest BCUT2D eigenvalue weighted by Crippen LogP contribution is 2.27. The van der Waals surface area contributed by atoms with E-state index in [-0.39, 0.29) is 17.5 Å². The Morgan fingerprint density at radius 1 is 1.25 bits per heavy atom. The lowest BCUT2D eigenvalue weighted by molar-refractivity contribution is -0.118. The molecule has 0 bridgehead atoms. The number of nitrogens with zero attached hydrogens (tertiary/aromatic N) is 4. The molecule has 3 aromatic rings. The smallest absolute Gasteiger partial charge is 0.230 e. The molecule has 0 atom stereocenters. The van der Waals surface area contributed by atoms with E-state index in [1.807, 2.05) is 24.6 Å². The number of nitrogens with one attached hydrogen (secondary N) is 2. The van der Waals surface area contributed by atoms with E-state index in [2.05, 4.69) is 25.9 Å². The second-order valence-electron chi connectivity index (χ2n) is 6.15. The minimum absolute atomic E-state index is 0.0402. The van der Waals surface area contributed by atoms with Gasteiger partial charge in [-0.15, -0.1) is 10.2 Å². The number of benzene rings is 1. The van der Waals surface area contributed by atoms with Crippen LogP contribution in [-0.2, 0) is 11.3 Å². The third-order valence-electron chi connectivity index (χ3n) is 3.80. The van der Waals surface area contributed by atoms with Crippen molar-refractivity contribution in [2.24, 2.45) is 0 Å². The van der Waals surface area contributed by atoms with Crippen molar-refractivity contribution < 1.29 is 9.18 Å². The number of rotatable bonds is 9. The molecule has 0 aliphatic heterocycles. The number of thioether (sulfide) groups is 1. The summed E-state index contributed by atoms with van der Waals surface area (Å²) in [5.74, 6) is -0.0491. The number of amides is 1. The molecule has 0 aliphatic rings. The third kappa shape index (κ3) is 6.03. The van der Waals surface area contributed by atoms with Crippen LogP contribution in [-0.4, -0.2) is 38.2 Å². The van der Waals surface area contributed by atoms with Gasteiger partial charge in [0.2, 0.25) is 11.0 Å². The van der Waals surface area contributed by atoms with E-state index in [1.165, 1.54) is 35.2 Å². The van der Waals surface area contributed by atoms with E-state index in [0.29, 0.717) is 16.0 Å². The normalized spacial score (nSPS) is 10.8. The van der Waals surface area contributed by atoms with Crippen LogP contribution in [0.5, 0.6) is 0 Å². The molecule has 2 heterocycles. The van der Waals surface area contributed by atoms with Gasteiger partial charge in [-0.2, -0.15) is 5.10 Å². The van der Waals surface area contributed by atoms with Crippen LogP contribution in [0, 0.1) is 19.7 Å². The van der Waals surface area contributed by atoms with Crippen molar-refractivity contribution in [2.45, 2.75) is 31.2 Å². The Morgan fingerprint density at radius 2 is 2.04 bits per heavy atom. The van der Waals surface area contributed by atoms with Gasteiger partial charge in [0.1, 0.15) is 5.82 Å². The van der Waals surface area contributed by atoms with Gasteiger partial charge >= 0.3 is 0 Å². The van der Waals surface area contributed by atoms with Crippen molar-refractivity contribution in [3.05, 3.63) is 47.5 Å². The number of halogens is 1. The Hall–Kier alpha value is -2.46. The summed E-state index contributed by atoms with van der Waals surface area (Å²) in [6.07, 6.45) is 0.822. The number of carbonyl (C=O) groups is 1. The molecule has 10 heteroatoms. The first-order valence-corrected chi connectivity index (χ1v) is 10.6. The number of hydrogen-bond acceptors (Lipinski definition) is 7. The lowest BCUT2D eigenvalue weighted by Crippen LogP contribution is -2.27. The van der Waals surface area contributed by atoms with Crippen LogP contribution >= 0.6 is 23.1 Å². The quantitative estimate of drug-likeness (QED) is 0.407. The second kappa shape index (κ2) is 9.65. The Kier molecular flexibility index (Phi) is 6.99. The molecular weight excluding hydrogens is 399 g/mol. The van der Waals surface area contributed by atoms with E-state index >= 15 is 0 Å². The molecule has 1 aromatic carbocycles. The SMILES string of the molecule is Cc1cc(C)n(CCCNC(=O)CSc2nnc(Nc3ccc(F)cc3)s2)n1. The largest absolute Gasteiger partial charge is 0.355 e. The predicted octanol–water partition coefficient (Wildman–Crippen LogP) is 3.53. The summed E-state index contributed by atoms with van der Waals surface area (Å²) in [6, 6.07) is 8.04. The monoisotopic (exact) mass is 420 g/mol. The standard InChI is InChI=1S/C18H21FN6OS2/c1-12-10-13(2)25(24-12)9-3-8-20-16(26)11-27-18-23-22-17(28-18)21-15-6-4-14(19)5-7-15/h4-7,10H,3,8-9,11H2,1-2H3,(H,20,26)(H,21,22). The number of anilines is 2. The summed E-state index contributed by atoms with van der Waals surface area (Å²) in [7, 11) is 0. The molecule has 0 saturated carbocycles. The van der Waals surface area contributed by atoms with Gasteiger partial charge in [0.05, 0.1) is 11.4 Å². The van der Waals surface area contributed by atoms with Crippen LogP contribution in [0.4, 0.5) is 15.2 Å². The van der Waals surface area contributed by atoms with Gasteiger partial charge in [-0.3, -0.25) is 9.48 Å². The minimum atomic E-state index is -0.292. The molecule has 0 aliphatic carbocycles. The van der Waals surface area contributed by atoms with Crippen LogP contribution in [0.1, 0.15) is 17.8 Å². The molecule has 28 heavy (non-hydrogen) atoms. The van der Waals surface area contributed by atoms with Crippen molar-refractivity contribution >= 4 is 39.8 Å². The van der Waals surface area contributed by atoms with E-state index in [9.17, 15) is 9.18 Å². The van der Waals surface area contributed by atoms with E-state index in [1.54, 1.807) is 12.1 Å². The Labute approximate surface area is 170 Å². The molecule has 148 valence electrons. The highest BCUT2D eigenvalue weighted by atomic mass is 32.2. The number of hydrogen-bond donors (Lipinski definition) is 2. The lowest BCUT2D eigenvalue weighted by Gasteiger charge is -2.06. The first-order chi connectivity index (χ1) is 13.5. The van der Waals surface area contributed by atoms with Gasteiger partial charge in [0.25, 0.3) is 0 Å². The summed E-state index contributed by atoms with van der Waals surface area (Å²) < 4.78 is 15.6. The Morgan fingerprint density at radius 3 is 2.75 bits per heavy atom. The first-order valence-electron chi connectivity index (χ1n) is 8.76. The van der Waals surface area contributed by atoms with Crippen LogP contribution in [0.15, 0.2) is 34.7 Å². The number of aryl methyl sites for hydroxylation is 3. The zero-order chi connectivity index (χ0) is 19.9. The molecule has 0 fully saturated rings. The molecular formula is C18H21FN6OS2. The summed E-state index contributed by atoms with van der Waals surface area (Å²) in [4.78, 5) is 12.0. The second-order valence-corrected chi connectivity index (χ2v) is 8.35. The number of aromatic nitrogens is 4. The highest BCUT2D eigenvalue weighted by Gasteiger charge is 2.09. The predicted molar refractivity (Wildman–Crippen MR) is 110 cm³/mol. The average Bonchev–Trinajstić information content (AvgIpc) is 3.24. The highest BCUT2D eigenvalue weighted by molar-refractivity contribution is 8.01. The van der Waals surface area contributed by atoms with Gasteiger partial charge in [-0.05, 0) is 50.6 Å². The molecule has 2 aromatic heterocycles. The molecule has 2 N–H and O–H groups in total. The van der Waals surface area contributed by atoms with E-state index in [0.717, 1.165) is 30.0 Å². The number of carbonyl (C=O) groups excluding carboxylic acids is 1. The molecule has 0 spiro atoms.